The molecule has 2 aliphatic rings. The summed E-state index contributed by atoms with van der Waals surface area (Å²) < 4.78 is 0. The fourth-order valence-corrected chi connectivity index (χ4v) is 4.64. The van der Waals surface area contributed by atoms with Crippen molar-refractivity contribution in [3.63, 3.8) is 0 Å². The summed E-state index contributed by atoms with van der Waals surface area (Å²) in [5, 5.41) is 2.89. The van der Waals surface area contributed by atoms with Gasteiger partial charge in [-0.05, 0) is 61.6 Å². The number of fused-ring (bicyclic) bond motifs is 2. The first-order valence-electron chi connectivity index (χ1n) is 12.3. The van der Waals surface area contributed by atoms with E-state index in [1.165, 1.54) is 0 Å². The molecule has 1 aliphatic heterocycles. The number of rotatable bonds is 7. The van der Waals surface area contributed by atoms with E-state index in [2.05, 4.69) is 24.2 Å². The second-order valence-corrected chi connectivity index (χ2v) is 9.12. The Morgan fingerprint density at radius 2 is 1.83 bits per heavy atom. The van der Waals surface area contributed by atoms with E-state index in [0.717, 1.165) is 36.8 Å². The summed E-state index contributed by atoms with van der Waals surface area (Å²) in [5.74, 6) is 0.127. The van der Waals surface area contributed by atoms with Crippen molar-refractivity contribution < 1.29 is 14.4 Å². The molecule has 0 aromatic heterocycles. The Balaban J connectivity index is 1.57. The van der Waals surface area contributed by atoms with Crippen LogP contribution in [-0.2, 0) is 11.2 Å². The van der Waals surface area contributed by atoms with E-state index < -0.39 is 0 Å². The number of carbonyl (C=O) groups excluding carboxylic acids is 3. The van der Waals surface area contributed by atoms with Gasteiger partial charge in [-0.2, -0.15) is 0 Å². The molecule has 2 aromatic rings. The second-order valence-electron chi connectivity index (χ2n) is 9.12. The van der Waals surface area contributed by atoms with E-state index in [0.29, 0.717) is 53.4 Å². The average molecular weight is 473 g/mol. The van der Waals surface area contributed by atoms with Crippen molar-refractivity contribution in [2.24, 2.45) is 10.7 Å². The highest BCUT2D eigenvalue weighted by molar-refractivity contribution is 6.08. The van der Waals surface area contributed by atoms with Crippen LogP contribution < -0.4 is 11.1 Å². The van der Waals surface area contributed by atoms with Crippen molar-refractivity contribution in [3.8, 4) is 0 Å². The number of amidine groups is 1. The molecule has 7 heteroatoms. The van der Waals surface area contributed by atoms with Gasteiger partial charge in [0.2, 0.25) is 5.91 Å². The predicted molar refractivity (Wildman–Crippen MR) is 139 cm³/mol. The fourth-order valence-electron chi connectivity index (χ4n) is 4.64. The lowest BCUT2D eigenvalue weighted by Gasteiger charge is -2.22. The lowest BCUT2D eigenvalue weighted by atomic mass is 9.90. The van der Waals surface area contributed by atoms with Gasteiger partial charge >= 0.3 is 0 Å². The molecule has 182 valence electrons. The maximum Gasteiger partial charge on any atom is 0.255 e. The summed E-state index contributed by atoms with van der Waals surface area (Å²) in [6.45, 7) is 5.50. The van der Waals surface area contributed by atoms with Crippen LogP contribution in [0.1, 0.15) is 77.8 Å². The maximum absolute atomic E-state index is 13.1. The minimum Gasteiger partial charge on any atom is -0.387 e. The Hall–Kier alpha value is -3.74. The van der Waals surface area contributed by atoms with Gasteiger partial charge in [0.05, 0.1) is 5.69 Å². The van der Waals surface area contributed by atoms with Crippen LogP contribution in [0.3, 0.4) is 0 Å². The Labute approximate surface area is 206 Å². The summed E-state index contributed by atoms with van der Waals surface area (Å²) >= 11 is 0. The average Bonchev–Trinajstić information content (AvgIpc) is 3.01. The number of amides is 2. The van der Waals surface area contributed by atoms with Crippen molar-refractivity contribution in [3.05, 3.63) is 64.2 Å². The number of aryl methyl sites for hydroxylation is 1. The standard InChI is InChI=1S/C28H32N4O3/c1-3-12-32(13-4-2)28(35)21-14-19-8-9-20(15-24(19)31-26(29)16-21)27(34)30-22-11-10-18-6-5-7-25(33)23(18)17-22/h8-11,14-15,17H,3-7,12-13,16H2,1-2H3,(H2,29,31)(H,30,34). The number of Topliss-reactive ketones (excluding diaryl/α,β-unsaturated/α-hetero) is 1. The van der Waals surface area contributed by atoms with Crippen LogP contribution in [0, 0.1) is 0 Å². The highest BCUT2D eigenvalue weighted by Gasteiger charge is 2.22. The summed E-state index contributed by atoms with van der Waals surface area (Å²) in [6, 6.07) is 10.7. The number of benzene rings is 2. The molecule has 3 N–H and O–H groups in total. The number of hydrogen-bond donors (Lipinski definition) is 2. The van der Waals surface area contributed by atoms with Crippen LogP contribution in [0.5, 0.6) is 0 Å². The number of nitrogens with zero attached hydrogens (tertiary/aromatic N) is 2. The zero-order valence-electron chi connectivity index (χ0n) is 20.4. The molecule has 0 radical (unpaired) electrons. The minimum atomic E-state index is -0.300. The predicted octanol–water partition coefficient (Wildman–Crippen LogP) is 4.88. The van der Waals surface area contributed by atoms with Gasteiger partial charge in [0, 0.05) is 53.9 Å². The number of aliphatic imine (C=N–C) groups is 1. The Morgan fingerprint density at radius 1 is 1.06 bits per heavy atom. The third kappa shape index (κ3) is 5.50. The topological polar surface area (TPSA) is 105 Å². The van der Waals surface area contributed by atoms with Crippen LogP contribution in [0.15, 0.2) is 47.0 Å². The molecular weight excluding hydrogens is 440 g/mol. The largest absolute Gasteiger partial charge is 0.387 e. The van der Waals surface area contributed by atoms with Gasteiger partial charge in [-0.3, -0.25) is 14.4 Å². The summed E-state index contributed by atoms with van der Waals surface area (Å²) in [5.41, 5.74) is 10.8. The van der Waals surface area contributed by atoms with Gasteiger partial charge in [0.15, 0.2) is 5.78 Å². The monoisotopic (exact) mass is 472 g/mol. The van der Waals surface area contributed by atoms with Gasteiger partial charge in [0.1, 0.15) is 5.84 Å². The molecule has 2 aromatic carbocycles. The first kappa shape index (κ1) is 24.4. The summed E-state index contributed by atoms with van der Waals surface area (Å²) in [7, 11) is 0. The molecule has 0 unspecified atom stereocenters. The number of ketones is 1. The molecule has 0 fully saturated rings. The molecule has 4 rings (SSSR count). The van der Waals surface area contributed by atoms with Crippen molar-refractivity contribution in [1.29, 1.82) is 0 Å². The summed E-state index contributed by atoms with van der Waals surface area (Å²) in [4.78, 5) is 44.7. The van der Waals surface area contributed by atoms with E-state index in [1.807, 2.05) is 23.1 Å². The maximum atomic E-state index is 13.1. The molecule has 1 heterocycles. The highest BCUT2D eigenvalue weighted by atomic mass is 16.2. The number of nitrogens with two attached hydrogens (primary N) is 1. The molecule has 0 atom stereocenters. The van der Waals surface area contributed by atoms with Crippen molar-refractivity contribution in [2.45, 2.75) is 52.4 Å². The molecule has 35 heavy (non-hydrogen) atoms. The lowest BCUT2D eigenvalue weighted by Crippen LogP contribution is -2.34. The van der Waals surface area contributed by atoms with Crippen molar-refractivity contribution >= 4 is 40.9 Å². The fraction of sp³-hybridized carbons (Fsp3) is 0.357. The van der Waals surface area contributed by atoms with Gasteiger partial charge in [-0.1, -0.05) is 26.0 Å². The first-order valence-corrected chi connectivity index (χ1v) is 12.3. The Morgan fingerprint density at radius 3 is 2.57 bits per heavy atom. The van der Waals surface area contributed by atoms with Crippen LogP contribution in [0.4, 0.5) is 11.4 Å². The zero-order valence-corrected chi connectivity index (χ0v) is 20.4. The minimum absolute atomic E-state index is 0.0246. The molecular formula is C28H32N4O3. The molecule has 0 bridgehead atoms. The normalized spacial score (nSPS) is 14.7. The zero-order chi connectivity index (χ0) is 24.9. The quantitative estimate of drug-likeness (QED) is 0.599. The van der Waals surface area contributed by atoms with E-state index >= 15 is 0 Å². The van der Waals surface area contributed by atoms with Crippen molar-refractivity contribution in [2.75, 3.05) is 18.4 Å². The van der Waals surface area contributed by atoms with Gasteiger partial charge in [-0.25, -0.2) is 4.99 Å². The van der Waals surface area contributed by atoms with Crippen molar-refractivity contribution in [1.82, 2.24) is 4.90 Å². The molecule has 0 saturated heterocycles. The van der Waals surface area contributed by atoms with Crippen LogP contribution in [0.25, 0.3) is 6.08 Å². The van der Waals surface area contributed by atoms with Crippen LogP contribution in [0.2, 0.25) is 0 Å². The molecule has 2 amide bonds. The van der Waals surface area contributed by atoms with E-state index in [4.69, 9.17) is 5.73 Å². The lowest BCUT2D eigenvalue weighted by molar-refractivity contribution is -0.127. The molecule has 0 spiro atoms. The molecule has 7 nitrogen and oxygen atoms in total. The van der Waals surface area contributed by atoms with Gasteiger partial charge < -0.3 is 16.0 Å². The van der Waals surface area contributed by atoms with Gasteiger partial charge in [-0.15, -0.1) is 0 Å². The number of carbonyl (C=O) groups is 3. The third-order valence-electron chi connectivity index (χ3n) is 6.33. The number of anilines is 1. The summed E-state index contributed by atoms with van der Waals surface area (Å²) in [6.07, 6.45) is 6.16. The smallest absolute Gasteiger partial charge is 0.255 e. The number of hydrogen-bond acceptors (Lipinski definition) is 5. The molecule has 1 aliphatic carbocycles. The molecule has 0 saturated carbocycles. The van der Waals surface area contributed by atoms with Crippen LogP contribution >= 0.6 is 0 Å². The van der Waals surface area contributed by atoms with E-state index in [-0.39, 0.29) is 24.0 Å². The second kappa shape index (κ2) is 10.7. The third-order valence-corrected chi connectivity index (χ3v) is 6.33. The Bertz CT molecular complexity index is 1220. The first-order chi connectivity index (χ1) is 16.9. The number of nitrogens with one attached hydrogen (secondary N) is 1. The van der Waals surface area contributed by atoms with E-state index in [9.17, 15) is 14.4 Å². The van der Waals surface area contributed by atoms with E-state index in [1.54, 1.807) is 24.3 Å². The van der Waals surface area contributed by atoms with Crippen LogP contribution in [-0.4, -0.2) is 41.4 Å². The SMILES string of the molecule is CCCN(CCC)C(=O)C1=Cc2ccc(C(=O)Nc3ccc4c(c3)C(=O)CCC4)cc2N=C(N)C1. The highest BCUT2D eigenvalue weighted by Crippen LogP contribution is 2.29. The Kier molecular flexibility index (Phi) is 7.44. The van der Waals surface area contributed by atoms with Gasteiger partial charge in [0.25, 0.3) is 5.91 Å².